The molecule has 1 fully saturated rings. The van der Waals surface area contributed by atoms with Crippen molar-refractivity contribution in [2.24, 2.45) is 5.92 Å². The number of benzene rings is 1. The zero-order chi connectivity index (χ0) is 24.3. The Morgan fingerprint density at radius 1 is 1.06 bits per heavy atom. The van der Waals surface area contributed by atoms with Crippen LogP contribution in [0.5, 0.6) is 5.75 Å². The van der Waals surface area contributed by atoms with Gasteiger partial charge in [0.2, 0.25) is 0 Å². The fourth-order valence-corrected chi connectivity index (χ4v) is 6.33. The van der Waals surface area contributed by atoms with E-state index in [1.165, 1.54) is 0 Å². The average molecular weight is 475 g/mol. The molecular weight excluding hydrogens is 444 g/mol. The van der Waals surface area contributed by atoms with Crippen LogP contribution in [0.25, 0.3) is 11.0 Å². The van der Waals surface area contributed by atoms with E-state index in [9.17, 15) is 14.4 Å². The van der Waals surface area contributed by atoms with Gasteiger partial charge in [0, 0.05) is 53.8 Å². The SMILES string of the molecule is Cc1c(O[C@@H](C)C(=O)N2C[C@@H]3C[C@@H](C2)c2cccc(=O)n2C3)ccc2c3c(c(=O)oc12)CCCC3. The number of aryl methyl sites for hydroxylation is 2. The topological polar surface area (TPSA) is 81.8 Å². The molecule has 4 heterocycles. The van der Waals surface area contributed by atoms with E-state index in [0.717, 1.165) is 59.9 Å². The molecule has 0 saturated carbocycles. The van der Waals surface area contributed by atoms with Crippen molar-refractivity contribution in [1.29, 1.82) is 0 Å². The van der Waals surface area contributed by atoms with Crippen LogP contribution in [-0.2, 0) is 24.2 Å². The van der Waals surface area contributed by atoms with Crippen LogP contribution in [-0.4, -0.2) is 34.6 Å². The fourth-order valence-electron chi connectivity index (χ4n) is 6.33. The Balaban J connectivity index is 1.24. The van der Waals surface area contributed by atoms with Gasteiger partial charge < -0.3 is 18.6 Å². The third-order valence-corrected chi connectivity index (χ3v) is 8.03. The molecule has 7 heteroatoms. The number of rotatable bonds is 3. The van der Waals surface area contributed by atoms with Gasteiger partial charge in [-0.1, -0.05) is 6.07 Å². The molecule has 35 heavy (non-hydrogen) atoms. The van der Waals surface area contributed by atoms with Crippen LogP contribution in [0.4, 0.5) is 0 Å². The van der Waals surface area contributed by atoms with Gasteiger partial charge >= 0.3 is 5.63 Å². The van der Waals surface area contributed by atoms with E-state index in [1.54, 1.807) is 19.1 Å². The van der Waals surface area contributed by atoms with Gasteiger partial charge in [-0.25, -0.2) is 4.79 Å². The standard InChI is InChI=1S/C28H30N2O5/c1-16-24(11-10-21-20-6-3-4-7-22(20)28(33)35-26(16)21)34-17(2)27(32)29-13-18-12-19(15-29)23-8-5-9-25(31)30(23)14-18/h5,8-11,17-19H,3-4,6-7,12-15H2,1-2H3/t17-,18-,19-/m0/s1. The van der Waals surface area contributed by atoms with Gasteiger partial charge in [-0.2, -0.15) is 0 Å². The van der Waals surface area contributed by atoms with Crippen LogP contribution >= 0.6 is 0 Å². The summed E-state index contributed by atoms with van der Waals surface area (Å²) in [7, 11) is 0. The number of ether oxygens (including phenoxy) is 1. The van der Waals surface area contributed by atoms with Gasteiger partial charge in [0.05, 0.1) is 0 Å². The lowest BCUT2D eigenvalue weighted by Crippen LogP contribution is -2.52. The summed E-state index contributed by atoms with van der Waals surface area (Å²) < 4.78 is 13.7. The Morgan fingerprint density at radius 3 is 2.69 bits per heavy atom. The Morgan fingerprint density at radius 2 is 1.86 bits per heavy atom. The minimum Gasteiger partial charge on any atom is -0.480 e. The zero-order valence-corrected chi connectivity index (χ0v) is 20.2. The first kappa shape index (κ1) is 22.1. The van der Waals surface area contributed by atoms with Crippen molar-refractivity contribution in [3.05, 3.63) is 73.5 Å². The highest BCUT2D eigenvalue weighted by atomic mass is 16.5. The molecule has 3 aromatic rings. The van der Waals surface area contributed by atoms with Crippen molar-refractivity contribution in [1.82, 2.24) is 9.47 Å². The Hall–Kier alpha value is -3.35. The second-order valence-corrected chi connectivity index (χ2v) is 10.3. The highest BCUT2D eigenvalue weighted by molar-refractivity contribution is 5.86. The molecule has 1 aromatic carbocycles. The predicted molar refractivity (Wildman–Crippen MR) is 132 cm³/mol. The second-order valence-electron chi connectivity index (χ2n) is 10.3. The molecule has 0 unspecified atom stereocenters. The molecule has 6 rings (SSSR count). The van der Waals surface area contributed by atoms with Crippen LogP contribution in [0, 0.1) is 12.8 Å². The summed E-state index contributed by atoms with van der Waals surface area (Å²) >= 11 is 0. The molecule has 3 atom stereocenters. The number of likely N-dealkylation sites (tertiary alicyclic amines) is 1. The largest absolute Gasteiger partial charge is 0.480 e. The minimum absolute atomic E-state index is 0.0355. The number of piperidine rings is 1. The van der Waals surface area contributed by atoms with Gasteiger partial charge in [-0.05, 0) is 75.6 Å². The molecule has 0 spiro atoms. The predicted octanol–water partition coefficient (Wildman–Crippen LogP) is 3.56. The summed E-state index contributed by atoms with van der Waals surface area (Å²) in [5, 5.41) is 0.973. The number of nitrogens with zero attached hydrogens (tertiary/aromatic N) is 2. The maximum atomic E-state index is 13.4. The Bertz CT molecular complexity index is 1450. The maximum Gasteiger partial charge on any atom is 0.339 e. The van der Waals surface area contributed by atoms with Gasteiger partial charge in [-0.15, -0.1) is 0 Å². The minimum atomic E-state index is -0.674. The number of aromatic nitrogens is 1. The summed E-state index contributed by atoms with van der Waals surface area (Å²) in [6.07, 6.45) is 4.07. The molecule has 3 aliphatic rings. The normalized spacial score (nSPS) is 21.8. The number of carbonyl (C=O) groups is 1. The molecule has 2 aromatic heterocycles. The van der Waals surface area contributed by atoms with E-state index >= 15 is 0 Å². The lowest BCUT2D eigenvalue weighted by atomic mass is 9.83. The van der Waals surface area contributed by atoms with Gasteiger partial charge in [0.25, 0.3) is 11.5 Å². The van der Waals surface area contributed by atoms with E-state index in [-0.39, 0.29) is 28.9 Å². The Kier molecular flexibility index (Phi) is 5.31. The van der Waals surface area contributed by atoms with Crippen LogP contribution in [0.1, 0.15) is 54.5 Å². The van der Waals surface area contributed by atoms with Crippen LogP contribution < -0.4 is 15.9 Å². The molecule has 7 nitrogen and oxygen atoms in total. The molecule has 1 aliphatic carbocycles. The van der Waals surface area contributed by atoms with E-state index in [4.69, 9.17) is 9.15 Å². The molecule has 182 valence electrons. The number of carbonyl (C=O) groups excluding carboxylic acids is 1. The first-order valence-electron chi connectivity index (χ1n) is 12.6. The maximum absolute atomic E-state index is 13.4. The van der Waals surface area contributed by atoms with Crippen molar-refractivity contribution in [3.8, 4) is 5.75 Å². The van der Waals surface area contributed by atoms with Gasteiger partial charge in [-0.3, -0.25) is 9.59 Å². The molecule has 1 amide bonds. The lowest BCUT2D eigenvalue weighted by Gasteiger charge is -2.43. The molecule has 0 radical (unpaired) electrons. The first-order valence-corrected chi connectivity index (χ1v) is 12.6. The van der Waals surface area contributed by atoms with Crippen molar-refractivity contribution in [3.63, 3.8) is 0 Å². The van der Waals surface area contributed by atoms with Crippen molar-refractivity contribution in [2.45, 2.75) is 64.5 Å². The molecule has 2 aliphatic heterocycles. The molecule has 1 saturated heterocycles. The molecule has 2 bridgehead atoms. The van der Waals surface area contributed by atoms with Crippen molar-refractivity contribution >= 4 is 16.9 Å². The first-order chi connectivity index (χ1) is 16.9. The summed E-state index contributed by atoms with van der Waals surface area (Å²) in [5.74, 6) is 0.931. The number of pyridine rings is 1. The van der Waals surface area contributed by atoms with E-state index < -0.39 is 6.10 Å². The van der Waals surface area contributed by atoms with E-state index in [2.05, 4.69) is 0 Å². The number of hydrogen-bond acceptors (Lipinski definition) is 5. The second kappa shape index (κ2) is 8.40. The highest BCUT2D eigenvalue weighted by Crippen LogP contribution is 2.36. The van der Waals surface area contributed by atoms with Crippen LogP contribution in [0.3, 0.4) is 0 Å². The van der Waals surface area contributed by atoms with Crippen molar-refractivity contribution in [2.75, 3.05) is 13.1 Å². The number of fused-ring (bicyclic) bond motifs is 7. The zero-order valence-electron chi connectivity index (χ0n) is 20.2. The number of amides is 1. The van der Waals surface area contributed by atoms with Gasteiger partial charge in [0.15, 0.2) is 6.10 Å². The van der Waals surface area contributed by atoms with Crippen LogP contribution in [0.2, 0.25) is 0 Å². The van der Waals surface area contributed by atoms with E-state index in [1.807, 2.05) is 34.6 Å². The summed E-state index contributed by atoms with van der Waals surface area (Å²) in [6.45, 7) is 5.52. The Labute approximate surface area is 203 Å². The fraction of sp³-hybridized carbons (Fsp3) is 0.464. The summed E-state index contributed by atoms with van der Waals surface area (Å²) in [4.78, 5) is 40.2. The third-order valence-electron chi connectivity index (χ3n) is 8.03. The average Bonchev–Trinajstić information content (AvgIpc) is 2.86. The van der Waals surface area contributed by atoms with Crippen LogP contribution in [0.15, 0.2) is 44.3 Å². The van der Waals surface area contributed by atoms with E-state index in [0.29, 0.717) is 31.0 Å². The summed E-state index contributed by atoms with van der Waals surface area (Å²) in [5.41, 5.74) is 4.01. The summed E-state index contributed by atoms with van der Waals surface area (Å²) in [6, 6.07) is 9.26. The highest BCUT2D eigenvalue weighted by Gasteiger charge is 2.37. The quantitative estimate of drug-likeness (QED) is 0.542. The smallest absolute Gasteiger partial charge is 0.339 e. The lowest BCUT2D eigenvalue weighted by molar-refractivity contribution is -0.140. The third kappa shape index (κ3) is 3.68. The number of hydrogen-bond donors (Lipinski definition) is 0. The molecular formula is C28H30N2O5. The monoisotopic (exact) mass is 474 g/mol. The molecule has 0 N–H and O–H groups in total. The van der Waals surface area contributed by atoms with Crippen molar-refractivity contribution < 1.29 is 13.9 Å². The van der Waals surface area contributed by atoms with Gasteiger partial charge in [0.1, 0.15) is 11.3 Å².